The highest BCUT2D eigenvalue weighted by atomic mass is 16.5. The molecule has 0 aliphatic heterocycles. The number of aromatic nitrogens is 2. The van der Waals surface area contributed by atoms with Crippen molar-refractivity contribution >= 4 is 12.3 Å². The van der Waals surface area contributed by atoms with Crippen molar-refractivity contribution in [3.05, 3.63) is 45.6 Å². The molecule has 1 aliphatic rings. The van der Waals surface area contributed by atoms with Crippen LogP contribution in [0.15, 0.2) is 12.3 Å². The van der Waals surface area contributed by atoms with Gasteiger partial charge in [-0.1, -0.05) is 13.8 Å². The largest absolute Gasteiger partial charge is 0.409 e. The number of carbonyl (C=O) groups excluding carboxylic acids is 2. The van der Waals surface area contributed by atoms with Crippen molar-refractivity contribution in [3.8, 4) is 5.88 Å². The summed E-state index contributed by atoms with van der Waals surface area (Å²) in [5, 5.41) is 4.18. The highest BCUT2D eigenvalue weighted by molar-refractivity contribution is 6.11. The Morgan fingerprint density at radius 3 is 2.73 bits per heavy atom. The lowest BCUT2D eigenvalue weighted by Crippen LogP contribution is -2.27. The van der Waals surface area contributed by atoms with E-state index in [1.54, 1.807) is 0 Å². The number of rotatable bonds is 5. The number of nitrogens with zero attached hydrogens (tertiary/aromatic N) is 2. The first-order valence-electron chi connectivity index (χ1n) is 9.16. The number of carbonyl (C=O) groups is 2. The van der Waals surface area contributed by atoms with Crippen LogP contribution in [0.25, 0.3) is 0 Å². The van der Waals surface area contributed by atoms with Crippen LogP contribution in [0.4, 0.5) is 0 Å². The molecule has 0 atom stereocenters. The van der Waals surface area contributed by atoms with Crippen LogP contribution in [0, 0.1) is 13.8 Å². The molecule has 26 heavy (non-hydrogen) atoms. The first kappa shape index (κ1) is 18.4. The van der Waals surface area contributed by atoms with Gasteiger partial charge in [-0.15, -0.1) is 0 Å². The zero-order valence-corrected chi connectivity index (χ0v) is 16.2. The third-order valence-electron chi connectivity index (χ3n) is 5.56. The van der Waals surface area contributed by atoms with Gasteiger partial charge >= 0.3 is 0 Å². The second kappa shape index (κ2) is 6.71. The van der Waals surface area contributed by atoms with Crippen LogP contribution in [-0.2, 0) is 23.2 Å². The highest BCUT2D eigenvalue weighted by Crippen LogP contribution is 2.41. The topological polar surface area (TPSA) is 61.2 Å². The van der Waals surface area contributed by atoms with Crippen LogP contribution in [0.3, 0.4) is 0 Å². The molecule has 1 aromatic heterocycles. The van der Waals surface area contributed by atoms with Gasteiger partial charge in [-0.05, 0) is 73.8 Å². The second-order valence-electron chi connectivity index (χ2n) is 7.68. The molecular weight excluding hydrogens is 328 g/mol. The lowest BCUT2D eigenvalue weighted by atomic mass is 9.68. The van der Waals surface area contributed by atoms with E-state index >= 15 is 0 Å². The zero-order valence-electron chi connectivity index (χ0n) is 16.2. The summed E-state index contributed by atoms with van der Waals surface area (Å²) >= 11 is 0. The van der Waals surface area contributed by atoms with Crippen molar-refractivity contribution in [2.45, 2.75) is 65.8 Å². The molecule has 2 aromatic rings. The Balaban J connectivity index is 2.17. The van der Waals surface area contributed by atoms with Gasteiger partial charge in [0.15, 0.2) is 5.78 Å². The number of ether oxygens (including phenoxy) is 1. The van der Waals surface area contributed by atoms with E-state index < -0.39 is 0 Å². The van der Waals surface area contributed by atoms with E-state index in [9.17, 15) is 9.59 Å². The molecule has 0 bridgehead atoms. The van der Waals surface area contributed by atoms with Gasteiger partial charge in [-0.3, -0.25) is 9.59 Å². The molecule has 0 unspecified atom stereocenters. The quantitative estimate of drug-likeness (QED) is 0.603. The van der Waals surface area contributed by atoms with Gasteiger partial charge in [0.2, 0.25) is 5.88 Å². The number of fused-ring (bicyclic) bond motifs is 1. The fourth-order valence-corrected chi connectivity index (χ4v) is 4.35. The molecule has 3 rings (SSSR count). The Labute approximate surface area is 154 Å². The fraction of sp³-hybridized carbons (Fsp3) is 0.476. The predicted octanol–water partition coefficient (Wildman–Crippen LogP) is 3.90. The second-order valence-corrected chi connectivity index (χ2v) is 7.68. The van der Waals surface area contributed by atoms with Gasteiger partial charge in [0.1, 0.15) is 5.56 Å². The molecule has 1 aliphatic carbocycles. The summed E-state index contributed by atoms with van der Waals surface area (Å²) in [5.41, 5.74) is 5.91. The summed E-state index contributed by atoms with van der Waals surface area (Å²) < 4.78 is 6.58. The lowest BCUT2D eigenvalue weighted by molar-refractivity contribution is -0.121. The summed E-state index contributed by atoms with van der Waals surface area (Å²) in [6, 6.07) is 1.98. The van der Waals surface area contributed by atoms with Crippen LogP contribution < -0.4 is 4.74 Å². The van der Waals surface area contributed by atoms with Crippen LogP contribution >= 0.6 is 0 Å². The Kier molecular flexibility index (Phi) is 4.74. The lowest BCUT2D eigenvalue weighted by Gasteiger charge is -2.36. The molecule has 0 amide bonds. The molecule has 0 radical (unpaired) electrons. The van der Waals surface area contributed by atoms with Crippen molar-refractivity contribution in [2.75, 3.05) is 0 Å². The van der Waals surface area contributed by atoms with E-state index in [2.05, 4.69) is 25.9 Å². The molecule has 5 nitrogen and oxygen atoms in total. The summed E-state index contributed by atoms with van der Waals surface area (Å²) in [6.07, 6.45) is 4.84. The molecule has 0 fully saturated rings. The average Bonchev–Trinajstić information content (AvgIpc) is 2.99. The predicted molar refractivity (Wildman–Crippen MR) is 99.9 cm³/mol. The highest BCUT2D eigenvalue weighted by Gasteiger charge is 2.33. The summed E-state index contributed by atoms with van der Waals surface area (Å²) in [6.45, 7) is 11.4. The monoisotopic (exact) mass is 354 g/mol. The molecule has 0 saturated carbocycles. The summed E-state index contributed by atoms with van der Waals surface area (Å²) in [7, 11) is 0. The standard InChI is InChI=1S/C21H26N2O3/c1-6-23-20(26-12-24)17(11-22-23)19(25)16-10-13(2)15-8-7-9-21(4,5)18(15)14(16)3/h10-12H,6-9H2,1-5H3. The van der Waals surface area contributed by atoms with Crippen molar-refractivity contribution in [3.63, 3.8) is 0 Å². The number of hydrogen-bond acceptors (Lipinski definition) is 4. The van der Waals surface area contributed by atoms with Gasteiger partial charge in [-0.25, -0.2) is 4.68 Å². The Hall–Kier alpha value is -2.43. The van der Waals surface area contributed by atoms with E-state index in [1.807, 2.05) is 19.9 Å². The van der Waals surface area contributed by atoms with E-state index in [1.165, 1.54) is 28.4 Å². The smallest absolute Gasteiger partial charge is 0.299 e. The van der Waals surface area contributed by atoms with Gasteiger partial charge in [0, 0.05) is 12.1 Å². The van der Waals surface area contributed by atoms with Crippen molar-refractivity contribution in [2.24, 2.45) is 0 Å². The van der Waals surface area contributed by atoms with Crippen molar-refractivity contribution in [1.29, 1.82) is 0 Å². The van der Waals surface area contributed by atoms with Gasteiger partial charge in [0.25, 0.3) is 6.47 Å². The fourth-order valence-electron chi connectivity index (χ4n) is 4.35. The maximum atomic E-state index is 13.3. The van der Waals surface area contributed by atoms with E-state index in [-0.39, 0.29) is 17.1 Å². The van der Waals surface area contributed by atoms with Gasteiger partial charge < -0.3 is 4.74 Å². The van der Waals surface area contributed by atoms with Crippen LogP contribution in [-0.4, -0.2) is 22.0 Å². The minimum absolute atomic E-state index is 0.0500. The molecule has 5 heteroatoms. The van der Waals surface area contributed by atoms with Crippen LogP contribution in [0.2, 0.25) is 0 Å². The molecule has 0 N–H and O–H groups in total. The van der Waals surface area contributed by atoms with Crippen molar-refractivity contribution < 1.29 is 14.3 Å². The molecule has 0 spiro atoms. The van der Waals surface area contributed by atoms with Crippen molar-refractivity contribution in [1.82, 2.24) is 9.78 Å². The van der Waals surface area contributed by atoms with E-state index in [0.717, 1.165) is 24.0 Å². The first-order valence-corrected chi connectivity index (χ1v) is 9.16. The van der Waals surface area contributed by atoms with E-state index in [0.29, 0.717) is 24.1 Å². The zero-order chi connectivity index (χ0) is 19.1. The Bertz CT molecular complexity index is 878. The van der Waals surface area contributed by atoms with E-state index in [4.69, 9.17) is 4.74 Å². The first-order chi connectivity index (χ1) is 12.3. The third kappa shape index (κ3) is 2.85. The molecular formula is C21H26N2O3. The SMILES string of the molecule is CCn1ncc(C(=O)c2cc(C)c3c(c2C)C(C)(C)CCC3)c1OC=O. The number of hydrogen-bond donors (Lipinski definition) is 0. The summed E-state index contributed by atoms with van der Waals surface area (Å²) in [4.78, 5) is 24.2. The maximum Gasteiger partial charge on any atom is 0.299 e. The maximum absolute atomic E-state index is 13.3. The number of benzene rings is 1. The molecule has 1 heterocycles. The van der Waals surface area contributed by atoms with Crippen LogP contribution in [0.5, 0.6) is 5.88 Å². The summed E-state index contributed by atoms with van der Waals surface area (Å²) in [5.74, 6) is 0.0628. The minimum Gasteiger partial charge on any atom is -0.409 e. The Morgan fingerprint density at radius 2 is 2.08 bits per heavy atom. The molecule has 0 saturated heterocycles. The number of ketones is 1. The van der Waals surface area contributed by atoms with Gasteiger partial charge in [0.05, 0.1) is 6.20 Å². The third-order valence-corrected chi connectivity index (χ3v) is 5.56. The van der Waals surface area contributed by atoms with Crippen LogP contribution in [0.1, 0.15) is 71.8 Å². The average molecular weight is 354 g/mol. The Morgan fingerprint density at radius 1 is 1.35 bits per heavy atom. The minimum atomic E-state index is -0.147. The van der Waals surface area contributed by atoms with Gasteiger partial charge in [-0.2, -0.15) is 5.10 Å². The normalized spacial score (nSPS) is 15.4. The molecule has 138 valence electrons. The number of aryl methyl sites for hydroxylation is 2. The molecule has 1 aromatic carbocycles.